The van der Waals surface area contributed by atoms with Gasteiger partial charge in [-0.25, -0.2) is 0 Å². The quantitative estimate of drug-likeness (QED) is 0.820. The average molecular weight is 317 g/mol. The van der Waals surface area contributed by atoms with E-state index in [-0.39, 0.29) is 12.2 Å². The first-order valence-electron chi connectivity index (χ1n) is 6.87. The largest absolute Gasteiger partial charge is 0.497 e. The molecule has 0 aromatic heterocycles. The standard InChI is InChI=1S/C18H17ClO3/c1-22-16-9-7-14(8-10-16)18(21)12-15(20)11-17(19)13-5-3-2-4-6-13/h2-11,18,21H,12H2,1H3/b17-11+/t18-/m1/s1. The molecule has 1 N–H and O–H groups in total. The van der Waals surface area contributed by atoms with Crippen LogP contribution in [0.2, 0.25) is 0 Å². The van der Waals surface area contributed by atoms with Crippen molar-refractivity contribution in [3.63, 3.8) is 0 Å². The lowest BCUT2D eigenvalue weighted by Crippen LogP contribution is -2.04. The monoisotopic (exact) mass is 316 g/mol. The fraction of sp³-hybridized carbons (Fsp3) is 0.167. The highest BCUT2D eigenvalue weighted by molar-refractivity contribution is 6.50. The zero-order chi connectivity index (χ0) is 15.9. The summed E-state index contributed by atoms with van der Waals surface area (Å²) in [5.74, 6) is 0.478. The Morgan fingerprint density at radius 2 is 1.82 bits per heavy atom. The third kappa shape index (κ3) is 4.45. The van der Waals surface area contributed by atoms with Crippen LogP contribution >= 0.6 is 11.6 Å². The van der Waals surface area contributed by atoms with Gasteiger partial charge in [0.2, 0.25) is 0 Å². The van der Waals surface area contributed by atoms with Crippen LogP contribution in [0, 0.1) is 0 Å². The first kappa shape index (κ1) is 16.3. The smallest absolute Gasteiger partial charge is 0.160 e. The van der Waals surface area contributed by atoms with Crippen molar-refractivity contribution < 1.29 is 14.6 Å². The summed E-state index contributed by atoms with van der Waals surface area (Å²) >= 11 is 6.11. The van der Waals surface area contributed by atoms with Gasteiger partial charge < -0.3 is 9.84 Å². The third-order valence-electron chi connectivity index (χ3n) is 3.23. The van der Waals surface area contributed by atoms with Gasteiger partial charge >= 0.3 is 0 Å². The van der Waals surface area contributed by atoms with Gasteiger partial charge in [0.15, 0.2) is 5.78 Å². The van der Waals surface area contributed by atoms with Gasteiger partial charge in [-0.3, -0.25) is 4.79 Å². The van der Waals surface area contributed by atoms with Crippen LogP contribution in [0.25, 0.3) is 5.03 Å². The van der Waals surface area contributed by atoms with E-state index in [9.17, 15) is 9.90 Å². The highest BCUT2D eigenvalue weighted by Crippen LogP contribution is 2.23. The number of aliphatic hydroxyl groups excluding tert-OH is 1. The Kier molecular flexibility index (Phi) is 5.75. The summed E-state index contributed by atoms with van der Waals surface area (Å²) < 4.78 is 5.06. The predicted molar refractivity (Wildman–Crippen MR) is 87.8 cm³/mol. The number of aliphatic hydroxyl groups is 1. The van der Waals surface area contributed by atoms with E-state index in [0.29, 0.717) is 16.3 Å². The average Bonchev–Trinajstić information content (AvgIpc) is 2.55. The summed E-state index contributed by atoms with van der Waals surface area (Å²) in [6, 6.07) is 16.2. The summed E-state index contributed by atoms with van der Waals surface area (Å²) in [6.07, 6.45) is 0.467. The topological polar surface area (TPSA) is 46.5 Å². The Balaban J connectivity index is 2.01. The van der Waals surface area contributed by atoms with Crippen LogP contribution in [-0.2, 0) is 4.79 Å². The fourth-order valence-electron chi connectivity index (χ4n) is 2.02. The number of carbonyl (C=O) groups excluding carboxylic acids is 1. The molecule has 2 aromatic carbocycles. The SMILES string of the molecule is COc1ccc([C@H](O)CC(=O)/C=C(/Cl)c2ccccc2)cc1. The second-order valence-corrected chi connectivity index (χ2v) is 5.22. The van der Waals surface area contributed by atoms with Gasteiger partial charge in [-0.05, 0) is 23.3 Å². The van der Waals surface area contributed by atoms with Crippen LogP contribution < -0.4 is 4.74 Å². The van der Waals surface area contributed by atoms with E-state index in [4.69, 9.17) is 16.3 Å². The molecule has 0 saturated carbocycles. The molecular weight excluding hydrogens is 300 g/mol. The maximum atomic E-state index is 12.0. The van der Waals surface area contributed by atoms with E-state index in [1.165, 1.54) is 6.08 Å². The van der Waals surface area contributed by atoms with Gasteiger partial charge in [-0.2, -0.15) is 0 Å². The molecule has 4 heteroatoms. The molecule has 0 spiro atoms. The first-order valence-corrected chi connectivity index (χ1v) is 7.25. The number of methoxy groups -OCH3 is 1. The number of hydrogen-bond acceptors (Lipinski definition) is 3. The van der Waals surface area contributed by atoms with Crippen LogP contribution in [0.3, 0.4) is 0 Å². The molecule has 0 heterocycles. The molecule has 2 rings (SSSR count). The lowest BCUT2D eigenvalue weighted by molar-refractivity contribution is -0.116. The second kappa shape index (κ2) is 7.78. The Morgan fingerprint density at radius 3 is 2.41 bits per heavy atom. The summed E-state index contributed by atoms with van der Waals surface area (Å²) in [6.45, 7) is 0. The van der Waals surface area contributed by atoms with E-state index < -0.39 is 6.10 Å². The summed E-state index contributed by atoms with van der Waals surface area (Å²) in [5, 5.41) is 10.5. The number of hydrogen-bond donors (Lipinski definition) is 1. The van der Waals surface area contributed by atoms with E-state index in [1.807, 2.05) is 30.3 Å². The second-order valence-electron chi connectivity index (χ2n) is 4.82. The minimum atomic E-state index is -0.866. The molecule has 0 aliphatic heterocycles. The zero-order valence-electron chi connectivity index (χ0n) is 12.2. The predicted octanol–water partition coefficient (Wildman–Crippen LogP) is 3.97. The lowest BCUT2D eigenvalue weighted by atomic mass is 10.0. The number of allylic oxidation sites excluding steroid dienone is 1. The van der Waals surface area contributed by atoms with Crippen molar-refractivity contribution in [2.75, 3.05) is 7.11 Å². The van der Waals surface area contributed by atoms with Gasteiger partial charge in [-0.15, -0.1) is 0 Å². The summed E-state index contributed by atoms with van der Waals surface area (Å²) in [5.41, 5.74) is 1.44. The number of ketones is 1. The van der Waals surface area contributed by atoms with Crippen molar-refractivity contribution in [3.05, 3.63) is 71.8 Å². The molecular formula is C18H17ClO3. The van der Waals surface area contributed by atoms with Crippen molar-refractivity contribution in [1.29, 1.82) is 0 Å². The van der Waals surface area contributed by atoms with Crippen molar-refractivity contribution >= 4 is 22.4 Å². The normalized spacial score (nSPS) is 12.8. The van der Waals surface area contributed by atoms with Crippen molar-refractivity contribution in [2.45, 2.75) is 12.5 Å². The number of ether oxygens (including phenoxy) is 1. The Bertz CT molecular complexity index is 648. The summed E-state index contributed by atoms with van der Waals surface area (Å²) in [7, 11) is 1.57. The maximum Gasteiger partial charge on any atom is 0.160 e. The molecule has 22 heavy (non-hydrogen) atoms. The van der Waals surface area contributed by atoms with E-state index >= 15 is 0 Å². The maximum absolute atomic E-state index is 12.0. The molecule has 0 aliphatic carbocycles. The Morgan fingerprint density at radius 1 is 1.18 bits per heavy atom. The molecule has 1 atom stereocenters. The number of halogens is 1. The van der Waals surface area contributed by atoms with Gasteiger partial charge in [0.05, 0.1) is 18.2 Å². The molecule has 0 bridgehead atoms. The molecule has 2 aromatic rings. The molecule has 0 fully saturated rings. The van der Waals surface area contributed by atoms with Crippen molar-refractivity contribution in [3.8, 4) is 5.75 Å². The van der Waals surface area contributed by atoms with Crippen molar-refractivity contribution in [2.24, 2.45) is 0 Å². The number of benzene rings is 2. The van der Waals surface area contributed by atoms with Gasteiger partial charge in [0.1, 0.15) is 5.75 Å². The molecule has 0 aliphatic rings. The number of rotatable bonds is 6. The fourth-order valence-corrected chi connectivity index (χ4v) is 2.26. The summed E-state index contributed by atoms with van der Waals surface area (Å²) in [4.78, 5) is 12.0. The molecule has 3 nitrogen and oxygen atoms in total. The van der Waals surface area contributed by atoms with E-state index in [0.717, 1.165) is 5.56 Å². The first-order chi connectivity index (χ1) is 10.6. The van der Waals surface area contributed by atoms with Gasteiger partial charge in [0.25, 0.3) is 0 Å². The van der Waals surface area contributed by atoms with Gasteiger partial charge in [0, 0.05) is 12.5 Å². The van der Waals surface area contributed by atoms with E-state index in [2.05, 4.69) is 0 Å². The van der Waals surface area contributed by atoms with Crippen LogP contribution in [0.1, 0.15) is 23.7 Å². The van der Waals surface area contributed by atoms with Crippen molar-refractivity contribution in [1.82, 2.24) is 0 Å². The highest BCUT2D eigenvalue weighted by Gasteiger charge is 2.12. The molecule has 0 amide bonds. The van der Waals surface area contributed by atoms with Crippen LogP contribution in [-0.4, -0.2) is 18.0 Å². The van der Waals surface area contributed by atoms with Crippen LogP contribution in [0.15, 0.2) is 60.7 Å². The van der Waals surface area contributed by atoms with E-state index in [1.54, 1.807) is 31.4 Å². The molecule has 0 saturated heterocycles. The highest BCUT2D eigenvalue weighted by atomic mass is 35.5. The lowest BCUT2D eigenvalue weighted by Gasteiger charge is -2.10. The molecule has 114 valence electrons. The zero-order valence-corrected chi connectivity index (χ0v) is 13.0. The van der Waals surface area contributed by atoms with Crippen LogP contribution in [0.4, 0.5) is 0 Å². The Hall–Kier alpha value is -2.10. The number of carbonyl (C=O) groups is 1. The minimum absolute atomic E-state index is 0.0185. The molecule has 0 radical (unpaired) electrons. The molecule has 0 unspecified atom stereocenters. The minimum Gasteiger partial charge on any atom is -0.497 e. The van der Waals surface area contributed by atoms with Crippen LogP contribution in [0.5, 0.6) is 5.75 Å². The third-order valence-corrected chi connectivity index (χ3v) is 3.56. The Labute approximate surface area is 134 Å². The van der Waals surface area contributed by atoms with Gasteiger partial charge in [-0.1, -0.05) is 54.1 Å².